The Balaban J connectivity index is 0.00000300. The number of hydrogen-bond donors (Lipinski definition) is 1. The molecule has 1 aliphatic heterocycles. The first-order valence-electron chi connectivity index (χ1n) is 9.56. The van der Waals surface area contributed by atoms with Crippen LogP contribution in [0.15, 0.2) is 41.7 Å². The number of nitrogens with one attached hydrogen (secondary N) is 1. The molecule has 0 unspecified atom stereocenters. The fourth-order valence-electron chi connectivity index (χ4n) is 3.29. The Morgan fingerprint density at radius 2 is 2.10 bits per heavy atom. The number of amides is 1. The van der Waals surface area contributed by atoms with Crippen LogP contribution in [0.5, 0.6) is 5.75 Å². The number of para-hydroxylation sites is 1. The predicted molar refractivity (Wildman–Crippen MR) is 125 cm³/mol. The smallest absolute Gasteiger partial charge is 0.246 e. The van der Waals surface area contributed by atoms with E-state index in [0.29, 0.717) is 19.6 Å². The van der Waals surface area contributed by atoms with Gasteiger partial charge in [0.25, 0.3) is 0 Å². The number of carbonyl (C=O) groups is 1. The van der Waals surface area contributed by atoms with E-state index in [1.165, 1.54) is 0 Å². The molecule has 1 aromatic heterocycles. The highest BCUT2D eigenvalue weighted by molar-refractivity contribution is 14.0. The first-order chi connectivity index (χ1) is 13.6. The van der Waals surface area contributed by atoms with Crippen molar-refractivity contribution in [1.29, 1.82) is 0 Å². The summed E-state index contributed by atoms with van der Waals surface area (Å²) in [7, 11) is 3.53. The van der Waals surface area contributed by atoms with Crippen LogP contribution in [0.1, 0.15) is 12.5 Å². The summed E-state index contributed by atoms with van der Waals surface area (Å²) in [6.45, 7) is 5.05. The van der Waals surface area contributed by atoms with E-state index >= 15 is 0 Å². The molecule has 29 heavy (non-hydrogen) atoms. The van der Waals surface area contributed by atoms with Gasteiger partial charge in [-0.15, -0.1) is 24.0 Å². The molecular weight excluding hydrogens is 483 g/mol. The number of halogens is 1. The second-order valence-electron chi connectivity index (χ2n) is 6.64. The average molecular weight is 512 g/mol. The van der Waals surface area contributed by atoms with E-state index in [9.17, 15) is 4.79 Å². The van der Waals surface area contributed by atoms with Crippen molar-refractivity contribution >= 4 is 41.5 Å². The Bertz CT molecular complexity index is 838. The number of carbonyl (C=O) groups excluding carboxylic acids is 1. The molecule has 0 radical (unpaired) electrons. The van der Waals surface area contributed by atoms with E-state index < -0.39 is 0 Å². The number of aliphatic imine (C=N–C) groups is 1. The second kappa shape index (κ2) is 11.0. The van der Waals surface area contributed by atoms with Crippen LogP contribution in [-0.4, -0.2) is 66.4 Å². The third-order valence-corrected chi connectivity index (χ3v) is 4.69. The van der Waals surface area contributed by atoms with E-state index in [1.54, 1.807) is 22.9 Å². The lowest BCUT2D eigenvalue weighted by Crippen LogP contribution is -2.55. The van der Waals surface area contributed by atoms with Crippen molar-refractivity contribution in [2.75, 3.05) is 44.7 Å². The van der Waals surface area contributed by atoms with E-state index in [1.807, 2.05) is 43.3 Å². The maximum Gasteiger partial charge on any atom is 0.246 e. The molecule has 0 aliphatic carbocycles. The molecule has 8 nitrogen and oxygen atoms in total. The molecule has 158 valence electrons. The van der Waals surface area contributed by atoms with E-state index in [0.717, 1.165) is 42.5 Å². The van der Waals surface area contributed by atoms with Gasteiger partial charge < -0.3 is 19.9 Å². The van der Waals surface area contributed by atoms with Gasteiger partial charge in [0.1, 0.15) is 12.3 Å². The summed E-state index contributed by atoms with van der Waals surface area (Å²) < 4.78 is 7.11. The summed E-state index contributed by atoms with van der Waals surface area (Å²) >= 11 is 0. The maximum atomic E-state index is 12.6. The molecule has 0 atom stereocenters. The highest BCUT2D eigenvalue weighted by Gasteiger charge is 2.27. The van der Waals surface area contributed by atoms with Crippen molar-refractivity contribution in [3.05, 3.63) is 42.2 Å². The first kappa shape index (κ1) is 23.0. The maximum absolute atomic E-state index is 12.6. The molecular formula is C20H29IN6O2. The van der Waals surface area contributed by atoms with Crippen molar-refractivity contribution in [1.82, 2.24) is 20.0 Å². The Morgan fingerprint density at radius 3 is 2.76 bits per heavy atom. The van der Waals surface area contributed by atoms with Crippen molar-refractivity contribution in [2.24, 2.45) is 12.0 Å². The highest BCUT2D eigenvalue weighted by atomic mass is 127. The number of ether oxygens (including phenoxy) is 1. The summed E-state index contributed by atoms with van der Waals surface area (Å²) in [5.74, 6) is 1.70. The molecule has 2 heterocycles. The van der Waals surface area contributed by atoms with Gasteiger partial charge in [-0.3, -0.25) is 14.5 Å². The lowest BCUT2D eigenvalue weighted by atomic mass is 10.1. The summed E-state index contributed by atoms with van der Waals surface area (Å²) in [4.78, 5) is 21.2. The third-order valence-electron chi connectivity index (χ3n) is 4.69. The molecule has 1 aromatic carbocycles. The van der Waals surface area contributed by atoms with Gasteiger partial charge in [0.05, 0.1) is 19.0 Å². The van der Waals surface area contributed by atoms with Crippen LogP contribution < -0.4 is 15.0 Å². The lowest BCUT2D eigenvalue weighted by molar-refractivity contribution is -0.120. The molecule has 2 aromatic rings. The van der Waals surface area contributed by atoms with Crippen LogP contribution in [-0.2, 0) is 18.3 Å². The molecule has 3 rings (SSSR count). The molecule has 1 N–H and O–H groups in total. The van der Waals surface area contributed by atoms with Crippen LogP contribution in [0.2, 0.25) is 0 Å². The van der Waals surface area contributed by atoms with Crippen molar-refractivity contribution in [3.8, 4) is 5.75 Å². The zero-order chi connectivity index (χ0) is 19.9. The Morgan fingerprint density at radius 1 is 1.31 bits per heavy atom. The van der Waals surface area contributed by atoms with Crippen molar-refractivity contribution < 1.29 is 9.53 Å². The average Bonchev–Trinajstić information content (AvgIpc) is 3.13. The van der Waals surface area contributed by atoms with Crippen LogP contribution >= 0.6 is 24.0 Å². The summed E-state index contributed by atoms with van der Waals surface area (Å²) in [6, 6.07) is 7.98. The quantitative estimate of drug-likeness (QED) is 0.364. The number of benzene rings is 1. The number of rotatable bonds is 6. The highest BCUT2D eigenvalue weighted by Crippen LogP contribution is 2.18. The van der Waals surface area contributed by atoms with Crippen molar-refractivity contribution in [3.63, 3.8) is 0 Å². The minimum absolute atomic E-state index is 0. The minimum Gasteiger partial charge on any atom is -0.496 e. The van der Waals surface area contributed by atoms with Gasteiger partial charge in [0.2, 0.25) is 5.91 Å². The van der Waals surface area contributed by atoms with Gasteiger partial charge in [-0.05, 0) is 25.0 Å². The monoisotopic (exact) mass is 512 g/mol. The zero-order valence-electron chi connectivity index (χ0n) is 17.2. The molecule has 1 fully saturated rings. The van der Waals surface area contributed by atoms with Gasteiger partial charge in [0, 0.05) is 39.4 Å². The summed E-state index contributed by atoms with van der Waals surface area (Å²) in [5, 5.41) is 7.46. The van der Waals surface area contributed by atoms with Gasteiger partial charge >= 0.3 is 0 Å². The Hall–Kier alpha value is -2.30. The van der Waals surface area contributed by atoms with Crippen molar-refractivity contribution in [2.45, 2.75) is 13.3 Å². The second-order valence-corrected chi connectivity index (χ2v) is 6.64. The Labute approximate surface area is 188 Å². The number of aromatic nitrogens is 2. The molecule has 9 heteroatoms. The van der Waals surface area contributed by atoms with Crippen LogP contribution in [0.25, 0.3) is 0 Å². The number of hydrogen-bond acceptors (Lipinski definition) is 4. The third kappa shape index (κ3) is 5.84. The Kier molecular flexibility index (Phi) is 8.74. The number of anilines is 1. The number of methoxy groups -OCH3 is 1. The lowest BCUT2D eigenvalue weighted by Gasteiger charge is -2.35. The van der Waals surface area contributed by atoms with Gasteiger partial charge in [-0.2, -0.15) is 5.10 Å². The largest absolute Gasteiger partial charge is 0.496 e. The molecule has 1 aliphatic rings. The van der Waals surface area contributed by atoms with Gasteiger partial charge in [-0.1, -0.05) is 18.2 Å². The number of aryl methyl sites for hydroxylation is 1. The summed E-state index contributed by atoms with van der Waals surface area (Å²) in [5.41, 5.74) is 1.97. The zero-order valence-corrected chi connectivity index (χ0v) is 19.5. The topological polar surface area (TPSA) is 75.0 Å². The van der Waals surface area contributed by atoms with Crippen LogP contribution in [0.4, 0.5) is 5.69 Å². The molecule has 0 spiro atoms. The molecule has 0 bridgehead atoms. The molecule has 0 saturated carbocycles. The summed E-state index contributed by atoms with van der Waals surface area (Å²) in [6.07, 6.45) is 4.36. The van der Waals surface area contributed by atoms with Gasteiger partial charge in [0.15, 0.2) is 5.96 Å². The van der Waals surface area contributed by atoms with E-state index in [-0.39, 0.29) is 29.9 Å². The standard InChI is InChI=1S/C20H28N6O2.HI/c1-4-21-20(22-10-9-16-7-5-6-8-18(16)28-3)25-11-12-26(19(27)15-25)17-13-23-24(2)14-17;/h5-8,13-14H,4,9-12,15H2,1-3H3,(H,21,22);1H. The molecule has 1 saturated heterocycles. The fourth-order valence-corrected chi connectivity index (χ4v) is 3.29. The predicted octanol–water partition coefficient (Wildman–Crippen LogP) is 1.90. The van der Waals surface area contributed by atoms with Gasteiger partial charge in [-0.25, -0.2) is 0 Å². The minimum atomic E-state index is 0. The van der Waals surface area contributed by atoms with E-state index in [4.69, 9.17) is 9.73 Å². The first-order valence-corrected chi connectivity index (χ1v) is 9.56. The SMILES string of the molecule is CCNC(=NCCc1ccccc1OC)N1CCN(c2cnn(C)c2)C(=O)C1.I. The fraction of sp³-hybridized carbons (Fsp3) is 0.450. The molecule has 1 amide bonds. The van der Waals surface area contributed by atoms with E-state index in [2.05, 4.69) is 16.5 Å². The number of guanidine groups is 1. The van der Waals surface area contributed by atoms with Crippen LogP contribution in [0, 0.1) is 0 Å². The number of nitrogens with zero attached hydrogens (tertiary/aromatic N) is 5. The van der Waals surface area contributed by atoms with Crippen LogP contribution in [0.3, 0.4) is 0 Å². The number of piperazine rings is 1. The normalized spacial score (nSPS) is 14.6.